The number of nitrogens with one attached hydrogen (secondary N) is 1. The second kappa shape index (κ2) is 1.81. The van der Waals surface area contributed by atoms with Gasteiger partial charge >= 0.3 is 0 Å². The van der Waals surface area contributed by atoms with Crippen LogP contribution in [0.4, 0.5) is 5.95 Å². The van der Waals surface area contributed by atoms with Crippen molar-refractivity contribution in [2.75, 3.05) is 12.4 Å². The molecular formula is C4H8N4. The molecule has 0 fully saturated rings. The predicted octanol–water partition coefficient (Wildman–Crippen LogP) is -0.143. The van der Waals surface area contributed by atoms with Gasteiger partial charge in [0.05, 0.1) is 0 Å². The Labute approximate surface area is 47.5 Å². The zero-order valence-corrected chi connectivity index (χ0v) is 4.92. The highest BCUT2D eigenvalue weighted by molar-refractivity contribution is 5.19. The third-order valence-electron chi connectivity index (χ3n) is 0.935. The topological polar surface area (TPSA) is 42.7 Å². The van der Waals surface area contributed by atoms with Crippen LogP contribution in [0.3, 0.4) is 0 Å². The van der Waals surface area contributed by atoms with Crippen molar-refractivity contribution in [2.24, 2.45) is 7.05 Å². The van der Waals surface area contributed by atoms with E-state index < -0.39 is 0 Å². The van der Waals surface area contributed by atoms with Crippen LogP contribution in [0, 0.1) is 0 Å². The Balaban J connectivity index is 2.92. The first-order chi connectivity index (χ1) is 3.84. The van der Waals surface area contributed by atoms with Gasteiger partial charge in [-0.15, -0.1) is 0 Å². The minimum atomic E-state index is 0.782. The molecule has 1 aromatic heterocycles. The number of hydrogen-bond donors (Lipinski definition) is 1. The van der Waals surface area contributed by atoms with E-state index in [9.17, 15) is 0 Å². The van der Waals surface area contributed by atoms with E-state index >= 15 is 0 Å². The van der Waals surface area contributed by atoms with Crippen LogP contribution in [0.2, 0.25) is 0 Å². The molecule has 0 aromatic carbocycles. The Morgan fingerprint density at radius 2 is 2.50 bits per heavy atom. The predicted molar refractivity (Wildman–Crippen MR) is 30.5 cm³/mol. The molecule has 0 saturated heterocycles. The third kappa shape index (κ3) is 0.641. The first-order valence-electron chi connectivity index (χ1n) is 2.36. The summed E-state index contributed by atoms with van der Waals surface area (Å²) in [6.45, 7) is 0. The average Bonchev–Trinajstić information content (AvgIpc) is 2.14. The summed E-state index contributed by atoms with van der Waals surface area (Å²) >= 11 is 0. The Bertz CT molecular complexity index is 168. The van der Waals surface area contributed by atoms with Crippen LogP contribution < -0.4 is 5.32 Å². The summed E-state index contributed by atoms with van der Waals surface area (Å²) in [7, 11) is 3.64. The smallest absolute Gasteiger partial charge is 0.220 e. The highest BCUT2D eigenvalue weighted by atomic mass is 15.4. The molecular weight excluding hydrogens is 104 g/mol. The number of rotatable bonds is 1. The van der Waals surface area contributed by atoms with Crippen molar-refractivity contribution in [1.82, 2.24) is 14.8 Å². The Kier molecular flexibility index (Phi) is 1.15. The standard InChI is InChI=1S/C4H8N4/c1-5-4-6-3-7-8(4)2/h3H,1-2H3,(H,5,6,7). The summed E-state index contributed by atoms with van der Waals surface area (Å²) in [5.74, 6) is 0.782. The molecule has 0 aliphatic rings. The molecule has 4 nitrogen and oxygen atoms in total. The molecule has 0 radical (unpaired) electrons. The van der Waals surface area contributed by atoms with E-state index in [1.54, 1.807) is 4.68 Å². The fourth-order valence-corrected chi connectivity index (χ4v) is 0.523. The van der Waals surface area contributed by atoms with E-state index in [4.69, 9.17) is 0 Å². The molecule has 0 amide bonds. The maximum atomic E-state index is 3.88. The quantitative estimate of drug-likeness (QED) is 0.549. The van der Waals surface area contributed by atoms with Crippen LogP contribution >= 0.6 is 0 Å². The van der Waals surface area contributed by atoms with Gasteiger partial charge < -0.3 is 5.32 Å². The summed E-state index contributed by atoms with van der Waals surface area (Å²) in [6.07, 6.45) is 1.51. The SMILES string of the molecule is CNc1ncnn1C. The lowest BCUT2D eigenvalue weighted by atomic mass is 10.9. The first kappa shape index (κ1) is 5.08. The van der Waals surface area contributed by atoms with Gasteiger partial charge in [0.1, 0.15) is 6.33 Å². The van der Waals surface area contributed by atoms with Gasteiger partial charge in [-0.3, -0.25) is 0 Å². The Morgan fingerprint density at radius 3 is 2.75 bits per heavy atom. The van der Waals surface area contributed by atoms with Crippen LogP contribution in [0.5, 0.6) is 0 Å². The highest BCUT2D eigenvalue weighted by Gasteiger charge is 1.91. The van der Waals surface area contributed by atoms with Crippen molar-refractivity contribution >= 4 is 5.95 Å². The van der Waals surface area contributed by atoms with Gasteiger partial charge in [0.15, 0.2) is 0 Å². The summed E-state index contributed by atoms with van der Waals surface area (Å²) in [4.78, 5) is 3.88. The molecule has 1 rings (SSSR count). The van der Waals surface area contributed by atoms with Crippen molar-refractivity contribution < 1.29 is 0 Å². The molecule has 8 heavy (non-hydrogen) atoms. The molecule has 0 bridgehead atoms. The maximum Gasteiger partial charge on any atom is 0.220 e. The average molecular weight is 112 g/mol. The fourth-order valence-electron chi connectivity index (χ4n) is 0.523. The lowest BCUT2D eigenvalue weighted by molar-refractivity contribution is 0.773. The largest absolute Gasteiger partial charge is 0.358 e. The molecule has 1 N–H and O–H groups in total. The second-order valence-corrected chi connectivity index (χ2v) is 1.46. The first-order valence-corrected chi connectivity index (χ1v) is 2.36. The molecule has 0 saturated carbocycles. The van der Waals surface area contributed by atoms with Crippen LogP contribution in [-0.4, -0.2) is 21.8 Å². The van der Waals surface area contributed by atoms with Crippen molar-refractivity contribution in [3.8, 4) is 0 Å². The third-order valence-corrected chi connectivity index (χ3v) is 0.935. The normalized spacial score (nSPS) is 9.25. The molecule has 0 spiro atoms. The highest BCUT2D eigenvalue weighted by Crippen LogP contribution is 1.92. The summed E-state index contributed by atoms with van der Waals surface area (Å²) in [5, 5.41) is 6.70. The number of hydrogen-bond acceptors (Lipinski definition) is 3. The minimum Gasteiger partial charge on any atom is -0.358 e. The monoisotopic (exact) mass is 112 g/mol. The molecule has 0 unspecified atom stereocenters. The van der Waals surface area contributed by atoms with E-state index in [-0.39, 0.29) is 0 Å². The Hall–Kier alpha value is -1.06. The molecule has 1 aromatic rings. The van der Waals surface area contributed by atoms with Crippen molar-refractivity contribution in [1.29, 1.82) is 0 Å². The van der Waals surface area contributed by atoms with Gasteiger partial charge in [-0.1, -0.05) is 0 Å². The Morgan fingerprint density at radius 1 is 1.75 bits per heavy atom. The van der Waals surface area contributed by atoms with E-state index in [1.165, 1.54) is 6.33 Å². The van der Waals surface area contributed by atoms with Gasteiger partial charge in [0.25, 0.3) is 0 Å². The summed E-state index contributed by atoms with van der Waals surface area (Å²) in [5.41, 5.74) is 0. The van der Waals surface area contributed by atoms with Crippen LogP contribution in [-0.2, 0) is 7.05 Å². The van der Waals surface area contributed by atoms with Gasteiger partial charge in [0, 0.05) is 14.1 Å². The second-order valence-electron chi connectivity index (χ2n) is 1.46. The summed E-state index contributed by atoms with van der Waals surface area (Å²) in [6, 6.07) is 0. The van der Waals surface area contributed by atoms with Crippen LogP contribution in [0.1, 0.15) is 0 Å². The number of aromatic nitrogens is 3. The molecule has 0 aliphatic carbocycles. The number of nitrogens with zero attached hydrogens (tertiary/aromatic N) is 3. The van der Waals surface area contributed by atoms with Gasteiger partial charge in [-0.25, -0.2) is 4.68 Å². The van der Waals surface area contributed by atoms with Crippen molar-refractivity contribution in [2.45, 2.75) is 0 Å². The zero-order valence-electron chi connectivity index (χ0n) is 4.92. The number of aryl methyl sites for hydroxylation is 1. The van der Waals surface area contributed by atoms with Gasteiger partial charge in [-0.2, -0.15) is 10.1 Å². The van der Waals surface area contributed by atoms with Gasteiger partial charge in [0.2, 0.25) is 5.95 Å². The molecule has 1 heterocycles. The molecule has 4 heteroatoms. The van der Waals surface area contributed by atoms with E-state index in [2.05, 4.69) is 15.4 Å². The number of anilines is 1. The summed E-state index contributed by atoms with van der Waals surface area (Å²) < 4.78 is 1.67. The van der Waals surface area contributed by atoms with Crippen molar-refractivity contribution in [3.05, 3.63) is 6.33 Å². The lowest BCUT2D eigenvalue weighted by Crippen LogP contribution is -1.98. The maximum absolute atomic E-state index is 3.88. The van der Waals surface area contributed by atoms with Gasteiger partial charge in [-0.05, 0) is 0 Å². The fraction of sp³-hybridized carbons (Fsp3) is 0.500. The van der Waals surface area contributed by atoms with E-state index in [0.29, 0.717) is 0 Å². The molecule has 0 aliphatic heterocycles. The zero-order chi connectivity index (χ0) is 5.98. The van der Waals surface area contributed by atoms with Crippen LogP contribution in [0.25, 0.3) is 0 Å². The molecule has 0 atom stereocenters. The van der Waals surface area contributed by atoms with E-state index in [1.807, 2.05) is 14.1 Å². The van der Waals surface area contributed by atoms with E-state index in [0.717, 1.165) is 5.95 Å². The minimum absolute atomic E-state index is 0.782. The molecule has 44 valence electrons. The van der Waals surface area contributed by atoms with Crippen LogP contribution in [0.15, 0.2) is 6.33 Å². The lowest BCUT2D eigenvalue weighted by Gasteiger charge is -1.93. The van der Waals surface area contributed by atoms with Crippen molar-refractivity contribution in [3.63, 3.8) is 0 Å².